The third-order valence-electron chi connectivity index (χ3n) is 5.02. The SMILES string of the molecule is COc1ccc(-c2cnoc2-c2cc(OC)c(OC)c(OC)c2)cc1NC(=O)C(N)CC(N)=O. The molecule has 0 spiro atoms. The lowest BCUT2D eigenvalue weighted by Crippen LogP contribution is -2.39. The van der Waals surface area contributed by atoms with Gasteiger partial charge in [-0.05, 0) is 29.8 Å². The summed E-state index contributed by atoms with van der Waals surface area (Å²) in [4.78, 5) is 23.5. The molecule has 0 aliphatic rings. The molecule has 180 valence electrons. The van der Waals surface area contributed by atoms with Gasteiger partial charge in [-0.3, -0.25) is 9.59 Å². The molecule has 1 heterocycles. The number of hydrogen-bond donors (Lipinski definition) is 3. The van der Waals surface area contributed by atoms with E-state index in [1.54, 1.807) is 36.5 Å². The van der Waals surface area contributed by atoms with E-state index in [9.17, 15) is 9.59 Å². The Kier molecular flexibility index (Phi) is 7.59. The number of carbonyl (C=O) groups is 2. The predicted octanol–water partition coefficient (Wildman–Crippen LogP) is 2.18. The van der Waals surface area contributed by atoms with E-state index in [1.165, 1.54) is 28.4 Å². The number of hydrogen-bond acceptors (Lipinski definition) is 9. The molecule has 0 aliphatic heterocycles. The average Bonchev–Trinajstić information content (AvgIpc) is 3.32. The summed E-state index contributed by atoms with van der Waals surface area (Å²) in [5, 5.41) is 6.62. The lowest BCUT2D eigenvalue weighted by molar-refractivity contribution is -0.123. The molecule has 2 amide bonds. The number of benzene rings is 2. The first kappa shape index (κ1) is 24.4. The monoisotopic (exact) mass is 470 g/mol. The second-order valence-electron chi connectivity index (χ2n) is 7.16. The molecule has 3 aromatic rings. The minimum atomic E-state index is -1.10. The number of ether oxygens (including phenoxy) is 4. The van der Waals surface area contributed by atoms with Crippen LogP contribution in [0.2, 0.25) is 0 Å². The number of carbonyl (C=O) groups excluding carboxylic acids is 2. The lowest BCUT2D eigenvalue weighted by atomic mass is 10.0. The molecule has 34 heavy (non-hydrogen) atoms. The summed E-state index contributed by atoms with van der Waals surface area (Å²) in [5.41, 5.74) is 13.2. The maximum atomic E-state index is 12.4. The molecule has 0 aliphatic carbocycles. The zero-order valence-corrected chi connectivity index (χ0v) is 19.2. The largest absolute Gasteiger partial charge is 0.495 e. The number of aromatic nitrogens is 1. The van der Waals surface area contributed by atoms with Crippen molar-refractivity contribution in [1.29, 1.82) is 0 Å². The predicted molar refractivity (Wildman–Crippen MR) is 124 cm³/mol. The fourth-order valence-corrected chi connectivity index (χ4v) is 3.37. The highest BCUT2D eigenvalue weighted by Gasteiger charge is 2.22. The van der Waals surface area contributed by atoms with Crippen molar-refractivity contribution in [2.75, 3.05) is 33.8 Å². The van der Waals surface area contributed by atoms with E-state index in [0.717, 1.165) is 0 Å². The maximum absolute atomic E-state index is 12.4. The topological polar surface area (TPSA) is 161 Å². The first-order valence-electron chi connectivity index (χ1n) is 10.1. The van der Waals surface area contributed by atoms with Crippen LogP contribution in [0.25, 0.3) is 22.5 Å². The number of nitrogens with zero attached hydrogens (tertiary/aromatic N) is 1. The molecule has 1 unspecified atom stereocenters. The quantitative estimate of drug-likeness (QED) is 0.403. The van der Waals surface area contributed by atoms with Gasteiger partial charge in [-0.1, -0.05) is 11.2 Å². The Balaban J connectivity index is 2.02. The molecule has 1 atom stereocenters. The number of nitrogens with one attached hydrogen (secondary N) is 1. The average molecular weight is 470 g/mol. The summed E-state index contributed by atoms with van der Waals surface area (Å²) in [6.45, 7) is 0. The maximum Gasteiger partial charge on any atom is 0.241 e. The summed E-state index contributed by atoms with van der Waals surface area (Å²) in [6.07, 6.45) is 1.26. The van der Waals surface area contributed by atoms with Gasteiger partial charge in [0.1, 0.15) is 5.75 Å². The molecule has 11 heteroatoms. The molecule has 5 N–H and O–H groups in total. The Morgan fingerprint density at radius 2 is 1.62 bits per heavy atom. The van der Waals surface area contributed by atoms with E-state index < -0.39 is 17.9 Å². The van der Waals surface area contributed by atoms with Crippen LogP contribution in [-0.4, -0.2) is 51.5 Å². The highest BCUT2D eigenvalue weighted by molar-refractivity contribution is 5.99. The van der Waals surface area contributed by atoms with E-state index in [1.807, 2.05) is 0 Å². The lowest BCUT2D eigenvalue weighted by Gasteiger charge is -2.15. The van der Waals surface area contributed by atoms with Gasteiger partial charge in [0.05, 0.1) is 52.8 Å². The highest BCUT2D eigenvalue weighted by atomic mass is 16.5. The van der Waals surface area contributed by atoms with Gasteiger partial charge < -0.3 is 40.3 Å². The van der Waals surface area contributed by atoms with Crippen LogP contribution in [0.4, 0.5) is 5.69 Å². The molecule has 0 bridgehead atoms. The molecule has 0 radical (unpaired) electrons. The zero-order valence-electron chi connectivity index (χ0n) is 19.2. The fourth-order valence-electron chi connectivity index (χ4n) is 3.37. The molecular weight excluding hydrogens is 444 g/mol. The van der Waals surface area contributed by atoms with Crippen LogP contribution in [0.5, 0.6) is 23.0 Å². The Hall–Kier alpha value is -4.25. The molecule has 3 rings (SSSR count). The van der Waals surface area contributed by atoms with Crippen molar-refractivity contribution in [2.45, 2.75) is 12.5 Å². The normalized spacial score (nSPS) is 11.4. The minimum absolute atomic E-state index is 0.287. The summed E-state index contributed by atoms with van der Waals surface area (Å²) in [5.74, 6) is 0.917. The van der Waals surface area contributed by atoms with Gasteiger partial charge in [0.15, 0.2) is 17.3 Å². The molecule has 0 saturated heterocycles. The van der Waals surface area contributed by atoms with Gasteiger partial charge in [-0.2, -0.15) is 0 Å². The van der Waals surface area contributed by atoms with Crippen LogP contribution in [0, 0.1) is 0 Å². The van der Waals surface area contributed by atoms with Gasteiger partial charge in [-0.15, -0.1) is 0 Å². The number of nitrogens with two attached hydrogens (primary N) is 2. The Morgan fingerprint density at radius 3 is 2.18 bits per heavy atom. The van der Waals surface area contributed by atoms with Gasteiger partial charge in [-0.25, -0.2) is 0 Å². The molecule has 1 aromatic heterocycles. The van der Waals surface area contributed by atoms with Gasteiger partial charge in [0.2, 0.25) is 17.6 Å². The second-order valence-corrected chi connectivity index (χ2v) is 7.16. The van der Waals surface area contributed by atoms with Crippen LogP contribution in [-0.2, 0) is 9.59 Å². The van der Waals surface area contributed by atoms with Crippen LogP contribution < -0.4 is 35.7 Å². The van der Waals surface area contributed by atoms with E-state index in [2.05, 4.69) is 10.5 Å². The third-order valence-corrected chi connectivity index (χ3v) is 5.02. The Morgan fingerprint density at radius 1 is 0.971 bits per heavy atom. The van der Waals surface area contributed by atoms with Crippen molar-refractivity contribution in [3.63, 3.8) is 0 Å². The van der Waals surface area contributed by atoms with Crippen molar-refractivity contribution < 1.29 is 33.1 Å². The molecule has 11 nitrogen and oxygen atoms in total. The Bertz CT molecular complexity index is 1170. The molecular formula is C23H26N4O7. The van der Waals surface area contributed by atoms with Gasteiger partial charge >= 0.3 is 0 Å². The van der Waals surface area contributed by atoms with Crippen molar-refractivity contribution in [1.82, 2.24) is 5.16 Å². The van der Waals surface area contributed by atoms with Crippen LogP contribution in [0.15, 0.2) is 41.1 Å². The number of amides is 2. The van der Waals surface area contributed by atoms with E-state index in [4.69, 9.17) is 34.9 Å². The smallest absolute Gasteiger partial charge is 0.241 e. The minimum Gasteiger partial charge on any atom is -0.495 e. The summed E-state index contributed by atoms with van der Waals surface area (Å²) in [6, 6.07) is 7.52. The van der Waals surface area contributed by atoms with Gasteiger partial charge in [0, 0.05) is 11.1 Å². The van der Waals surface area contributed by atoms with Crippen LogP contribution in [0.3, 0.4) is 0 Å². The number of rotatable bonds is 10. The Labute approximate surface area is 195 Å². The zero-order chi connectivity index (χ0) is 24.8. The number of primary amides is 1. The summed E-state index contributed by atoms with van der Waals surface area (Å²) in [7, 11) is 6.02. The van der Waals surface area contributed by atoms with E-state index in [-0.39, 0.29) is 6.42 Å². The van der Waals surface area contributed by atoms with Crippen LogP contribution in [0.1, 0.15) is 6.42 Å². The standard InChI is InChI=1S/C23H26N4O7/c1-30-17-6-5-12(7-16(17)27-23(29)15(24)10-20(25)28)14-11-26-34-21(14)13-8-18(31-2)22(33-4)19(9-13)32-3/h5-9,11,15H,10,24H2,1-4H3,(H2,25,28)(H,27,29). The second kappa shape index (κ2) is 10.6. The summed E-state index contributed by atoms with van der Waals surface area (Å²) < 4.78 is 27.1. The first-order valence-corrected chi connectivity index (χ1v) is 10.1. The van der Waals surface area contributed by atoms with E-state index in [0.29, 0.717) is 51.1 Å². The van der Waals surface area contributed by atoms with Crippen molar-refractivity contribution in [2.24, 2.45) is 11.5 Å². The molecule has 2 aromatic carbocycles. The number of anilines is 1. The van der Waals surface area contributed by atoms with E-state index >= 15 is 0 Å². The first-order chi connectivity index (χ1) is 16.3. The van der Waals surface area contributed by atoms with Crippen molar-refractivity contribution >= 4 is 17.5 Å². The fraction of sp³-hybridized carbons (Fsp3) is 0.261. The van der Waals surface area contributed by atoms with Crippen molar-refractivity contribution in [3.8, 4) is 45.4 Å². The summed E-state index contributed by atoms with van der Waals surface area (Å²) >= 11 is 0. The van der Waals surface area contributed by atoms with Crippen LogP contribution >= 0.6 is 0 Å². The molecule has 0 saturated carbocycles. The molecule has 0 fully saturated rings. The van der Waals surface area contributed by atoms with Gasteiger partial charge in [0.25, 0.3) is 0 Å². The highest BCUT2D eigenvalue weighted by Crippen LogP contribution is 2.44. The van der Waals surface area contributed by atoms with Crippen molar-refractivity contribution in [3.05, 3.63) is 36.5 Å². The number of methoxy groups -OCH3 is 4. The third kappa shape index (κ3) is 5.04.